The van der Waals surface area contributed by atoms with Crippen molar-refractivity contribution < 1.29 is 14.3 Å². The lowest BCUT2D eigenvalue weighted by molar-refractivity contribution is -0.148. The molecule has 2 aliphatic rings. The first kappa shape index (κ1) is 14.8. The molecule has 0 aromatic rings. The van der Waals surface area contributed by atoms with E-state index in [0.717, 1.165) is 39.1 Å². The molecule has 3 atom stereocenters. The van der Waals surface area contributed by atoms with Crippen LogP contribution < -0.4 is 5.32 Å². The summed E-state index contributed by atoms with van der Waals surface area (Å²) in [7, 11) is 0. The second-order valence-corrected chi connectivity index (χ2v) is 5.55. The fourth-order valence-corrected chi connectivity index (χ4v) is 2.66. The van der Waals surface area contributed by atoms with Gasteiger partial charge in [0.05, 0.1) is 12.7 Å². The lowest BCUT2D eigenvalue weighted by atomic mass is 10.1. The van der Waals surface area contributed by atoms with Crippen LogP contribution in [0.2, 0.25) is 0 Å². The van der Waals surface area contributed by atoms with Crippen LogP contribution in [-0.4, -0.2) is 61.9 Å². The third-order valence-corrected chi connectivity index (χ3v) is 3.94. The molecular formula is C14H26N2O3. The molecule has 2 aliphatic heterocycles. The van der Waals surface area contributed by atoms with Crippen LogP contribution in [0.4, 0.5) is 0 Å². The quantitative estimate of drug-likeness (QED) is 0.820. The molecular weight excluding hydrogens is 244 g/mol. The molecule has 0 bridgehead atoms. The van der Waals surface area contributed by atoms with Crippen molar-refractivity contribution in [3.05, 3.63) is 0 Å². The molecule has 2 fully saturated rings. The zero-order chi connectivity index (χ0) is 13.7. The normalized spacial score (nSPS) is 30.1. The molecule has 2 heterocycles. The van der Waals surface area contributed by atoms with Gasteiger partial charge in [-0.05, 0) is 33.1 Å². The van der Waals surface area contributed by atoms with Gasteiger partial charge in [-0.25, -0.2) is 0 Å². The highest BCUT2D eigenvalue weighted by Crippen LogP contribution is 2.14. The van der Waals surface area contributed by atoms with Crippen molar-refractivity contribution >= 4 is 5.91 Å². The number of rotatable bonds is 4. The zero-order valence-corrected chi connectivity index (χ0v) is 12.1. The van der Waals surface area contributed by atoms with E-state index in [1.165, 1.54) is 6.42 Å². The Morgan fingerprint density at radius 1 is 1.53 bits per heavy atom. The first-order chi connectivity index (χ1) is 9.18. The van der Waals surface area contributed by atoms with E-state index in [4.69, 9.17) is 9.47 Å². The first-order valence-corrected chi connectivity index (χ1v) is 7.43. The predicted octanol–water partition coefficient (Wildman–Crippen LogP) is 0.781. The molecule has 110 valence electrons. The van der Waals surface area contributed by atoms with Crippen LogP contribution in [0, 0.1) is 0 Å². The molecule has 3 unspecified atom stereocenters. The number of nitrogens with zero attached hydrogens (tertiary/aromatic N) is 1. The van der Waals surface area contributed by atoms with Gasteiger partial charge in [-0.2, -0.15) is 0 Å². The summed E-state index contributed by atoms with van der Waals surface area (Å²) in [6.45, 7) is 7.78. The maximum atomic E-state index is 12.3. The van der Waals surface area contributed by atoms with E-state index in [-0.39, 0.29) is 24.2 Å². The van der Waals surface area contributed by atoms with Gasteiger partial charge in [-0.1, -0.05) is 0 Å². The molecule has 0 aromatic carbocycles. The van der Waals surface area contributed by atoms with Crippen LogP contribution in [0.5, 0.6) is 0 Å². The summed E-state index contributed by atoms with van der Waals surface area (Å²) < 4.78 is 11.3. The van der Waals surface area contributed by atoms with Gasteiger partial charge in [0, 0.05) is 32.3 Å². The first-order valence-electron chi connectivity index (χ1n) is 7.43. The molecule has 5 nitrogen and oxygen atoms in total. The van der Waals surface area contributed by atoms with Crippen LogP contribution in [0.3, 0.4) is 0 Å². The largest absolute Gasteiger partial charge is 0.376 e. The number of piperazine rings is 1. The van der Waals surface area contributed by atoms with Gasteiger partial charge in [0.15, 0.2) is 0 Å². The Bertz CT molecular complexity index is 292. The second kappa shape index (κ2) is 7.22. The summed E-state index contributed by atoms with van der Waals surface area (Å²) in [5.41, 5.74) is 0. The van der Waals surface area contributed by atoms with Gasteiger partial charge in [0.1, 0.15) is 6.10 Å². The smallest absolute Gasteiger partial charge is 0.251 e. The third-order valence-electron chi connectivity index (χ3n) is 3.94. The van der Waals surface area contributed by atoms with E-state index in [9.17, 15) is 4.79 Å². The minimum absolute atomic E-state index is 0.102. The summed E-state index contributed by atoms with van der Waals surface area (Å²) in [4.78, 5) is 14.2. The fraction of sp³-hybridized carbons (Fsp3) is 0.929. The van der Waals surface area contributed by atoms with Crippen LogP contribution in [0.15, 0.2) is 0 Å². The number of amides is 1. The van der Waals surface area contributed by atoms with E-state index >= 15 is 0 Å². The Morgan fingerprint density at radius 2 is 2.37 bits per heavy atom. The van der Waals surface area contributed by atoms with Gasteiger partial charge in [-0.15, -0.1) is 0 Å². The van der Waals surface area contributed by atoms with Crippen molar-refractivity contribution in [2.45, 2.75) is 51.4 Å². The van der Waals surface area contributed by atoms with E-state index in [2.05, 4.69) is 12.2 Å². The summed E-state index contributed by atoms with van der Waals surface area (Å²) in [5, 5.41) is 3.29. The van der Waals surface area contributed by atoms with E-state index < -0.39 is 0 Å². The van der Waals surface area contributed by atoms with Crippen LogP contribution in [-0.2, 0) is 14.3 Å². The van der Waals surface area contributed by atoms with Crippen LogP contribution in [0.25, 0.3) is 0 Å². The van der Waals surface area contributed by atoms with Gasteiger partial charge < -0.3 is 19.7 Å². The molecule has 0 aromatic heterocycles. The minimum Gasteiger partial charge on any atom is -0.376 e. The van der Waals surface area contributed by atoms with Crippen LogP contribution in [0.1, 0.15) is 33.1 Å². The lowest BCUT2D eigenvalue weighted by Crippen LogP contribution is -2.55. The molecule has 2 rings (SSSR count). The Kier molecular flexibility index (Phi) is 5.60. The monoisotopic (exact) mass is 270 g/mol. The van der Waals surface area contributed by atoms with E-state index in [1.54, 1.807) is 0 Å². The maximum Gasteiger partial charge on any atom is 0.251 e. The average molecular weight is 270 g/mol. The Morgan fingerprint density at radius 3 is 3.05 bits per heavy atom. The number of nitrogens with one attached hydrogen (secondary N) is 1. The van der Waals surface area contributed by atoms with Gasteiger partial charge in [0.2, 0.25) is 0 Å². The highest BCUT2D eigenvalue weighted by Gasteiger charge is 2.28. The Labute approximate surface area is 115 Å². The molecule has 0 saturated carbocycles. The summed E-state index contributed by atoms with van der Waals surface area (Å²) in [5.74, 6) is 0.102. The van der Waals surface area contributed by atoms with E-state index in [1.807, 2.05) is 11.8 Å². The molecule has 5 heteroatoms. The summed E-state index contributed by atoms with van der Waals surface area (Å²) in [6.07, 6.45) is 3.19. The molecule has 2 saturated heterocycles. The number of carbonyl (C=O) groups is 1. The highest BCUT2D eigenvalue weighted by molar-refractivity contribution is 5.81. The Balaban J connectivity index is 1.74. The van der Waals surface area contributed by atoms with Crippen molar-refractivity contribution in [3.63, 3.8) is 0 Å². The number of hydrogen-bond acceptors (Lipinski definition) is 4. The molecule has 0 aliphatic carbocycles. The maximum absolute atomic E-state index is 12.3. The molecule has 0 radical (unpaired) electrons. The molecule has 1 amide bonds. The lowest BCUT2D eigenvalue weighted by Gasteiger charge is -2.35. The second-order valence-electron chi connectivity index (χ2n) is 5.55. The number of carbonyl (C=O) groups excluding carboxylic acids is 1. The van der Waals surface area contributed by atoms with Gasteiger partial charge in [-0.3, -0.25) is 4.79 Å². The van der Waals surface area contributed by atoms with E-state index in [0.29, 0.717) is 6.61 Å². The number of hydrogen-bond donors (Lipinski definition) is 1. The standard InChI is InChI=1S/C14H26N2O3/c1-11-9-15-6-7-16(11)14(17)12(2)19-10-13-5-3-4-8-18-13/h11-13,15H,3-10H2,1-2H3. The van der Waals surface area contributed by atoms with Crippen molar-refractivity contribution in [1.29, 1.82) is 0 Å². The molecule has 19 heavy (non-hydrogen) atoms. The van der Waals surface area contributed by atoms with Crippen molar-refractivity contribution in [3.8, 4) is 0 Å². The average Bonchev–Trinajstić information content (AvgIpc) is 2.45. The summed E-state index contributed by atoms with van der Waals surface area (Å²) in [6, 6.07) is 0.248. The fourth-order valence-electron chi connectivity index (χ4n) is 2.66. The van der Waals surface area contributed by atoms with Gasteiger partial charge >= 0.3 is 0 Å². The number of ether oxygens (including phenoxy) is 2. The molecule has 1 N–H and O–H groups in total. The summed E-state index contributed by atoms with van der Waals surface area (Å²) >= 11 is 0. The van der Waals surface area contributed by atoms with Crippen molar-refractivity contribution in [2.24, 2.45) is 0 Å². The minimum atomic E-state index is -0.369. The van der Waals surface area contributed by atoms with Crippen molar-refractivity contribution in [1.82, 2.24) is 10.2 Å². The topological polar surface area (TPSA) is 50.8 Å². The van der Waals surface area contributed by atoms with Crippen LogP contribution >= 0.6 is 0 Å². The molecule has 0 spiro atoms. The van der Waals surface area contributed by atoms with Gasteiger partial charge in [0.25, 0.3) is 5.91 Å². The SMILES string of the molecule is CC(OCC1CCCCO1)C(=O)N1CCNCC1C. The van der Waals surface area contributed by atoms with Crippen molar-refractivity contribution in [2.75, 3.05) is 32.8 Å². The predicted molar refractivity (Wildman–Crippen MR) is 73.0 cm³/mol. The Hall–Kier alpha value is -0.650. The zero-order valence-electron chi connectivity index (χ0n) is 12.1. The third kappa shape index (κ3) is 4.16. The highest BCUT2D eigenvalue weighted by atomic mass is 16.5.